The molecule has 1 N–H and O–H groups in total. The number of anilines is 1. The van der Waals surface area contributed by atoms with Gasteiger partial charge in [0.25, 0.3) is 5.91 Å². The van der Waals surface area contributed by atoms with E-state index in [4.69, 9.17) is 16.3 Å². The predicted octanol–water partition coefficient (Wildman–Crippen LogP) is 1.84. The molecule has 0 aromatic heterocycles. The Morgan fingerprint density at radius 3 is 2.95 bits per heavy atom. The molecule has 1 saturated heterocycles. The molecule has 6 heteroatoms. The predicted molar refractivity (Wildman–Crippen MR) is 81.4 cm³/mol. The first-order valence-corrected chi connectivity index (χ1v) is 7.30. The second kappa shape index (κ2) is 6.91. The molecule has 1 fully saturated rings. The standard InChI is InChI=1S/C15H19ClN2O3/c1-10(2)15(20)17-7-13-8-18(14(19)9-21-13)12-5-3-4-11(16)6-12/h3-6,10,13H,7-9H2,1-2H3,(H,17,20). The largest absolute Gasteiger partial charge is 0.365 e. The van der Waals surface area contributed by atoms with Gasteiger partial charge in [-0.3, -0.25) is 9.59 Å². The molecule has 1 atom stereocenters. The first-order chi connectivity index (χ1) is 9.97. The summed E-state index contributed by atoms with van der Waals surface area (Å²) in [5.41, 5.74) is 0.746. The molecule has 21 heavy (non-hydrogen) atoms. The molecule has 0 spiro atoms. The van der Waals surface area contributed by atoms with Crippen molar-refractivity contribution in [3.63, 3.8) is 0 Å². The Morgan fingerprint density at radius 2 is 2.29 bits per heavy atom. The lowest BCUT2D eigenvalue weighted by atomic mass is 10.2. The lowest BCUT2D eigenvalue weighted by Crippen LogP contribution is -2.51. The van der Waals surface area contributed by atoms with Crippen molar-refractivity contribution in [1.29, 1.82) is 0 Å². The molecule has 1 aliphatic heterocycles. The third-order valence-electron chi connectivity index (χ3n) is 3.28. The molecular weight excluding hydrogens is 292 g/mol. The molecule has 1 aromatic rings. The SMILES string of the molecule is CC(C)C(=O)NCC1CN(c2cccc(Cl)c2)C(=O)CO1. The van der Waals surface area contributed by atoms with Crippen molar-refractivity contribution in [2.24, 2.45) is 5.92 Å². The number of hydrogen-bond acceptors (Lipinski definition) is 3. The van der Waals surface area contributed by atoms with E-state index in [0.717, 1.165) is 5.69 Å². The van der Waals surface area contributed by atoms with E-state index in [9.17, 15) is 9.59 Å². The molecule has 0 bridgehead atoms. The number of nitrogens with zero attached hydrogens (tertiary/aromatic N) is 1. The molecule has 1 heterocycles. The molecule has 2 rings (SSSR count). The van der Waals surface area contributed by atoms with Crippen LogP contribution in [-0.4, -0.2) is 37.6 Å². The summed E-state index contributed by atoms with van der Waals surface area (Å²) in [4.78, 5) is 25.2. The number of carbonyl (C=O) groups is 2. The summed E-state index contributed by atoms with van der Waals surface area (Å²) < 4.78 is 5.46. The van der Waals surface area contributed by atoms with Crippen molar-refractivity contribution in [2.75, 3.05) is 24.6 Å². The lowest BCUT2D eigenvalue weighted by molar-refractivity contribution is -0.130. The number of nitrogens with one attached hydrogen (secondary N) is 1. The fourth-order valence-corrected chi connectivity index (χ4v) is 2.25. The maximum atomic E-state index is 12.0. The zero-order valence-electron chi connectivity index (χ0n) is 12.1. The van der Waals surface area contributed by atoms with Gasteiger partial charge in [0.05, 0.1) is 12.6 Å². The number of benzene rings is 1. The summed E-state index contributed by atoms with van der Waals surface area (Å²) in [6.45, 7) is 4.46. The van der Waals surface area contributed by atoms with E-state index in [1.807, 2.05) is 19.9 Å². The van der Waals surface area contributed by atoms with E-state index in [2.05, 4.69) is 5.32 Å². The van der Waals surface area contributed by atoms with Crippen molar-refractivity contribution >= 4 is 29.1 Å². The number of rotatable bonds is 4. The topological polar surface area (TPSA) is 58.6 Å². The van der Waals surface area contributed by atoms with Gasteiger partial charge in [-0.25, -0.2) is 0 Å². The zero-order chi connectivity index (χ0) is 15.4. The molecule has 2 amide bonds. The van der Waals surface area contributed by atoms with Crippen molar-refractivity contribution in [2.45, 2.75) is 20.0 Å². The van der Waals surface area contributed by atoms with Crippen molar-refractivity contribution < 1.29 is 14.3 Å². The smallest absolute Gasteiger partial charge is 0.253 e. The summed E-state index contributed by atoms with van der Waals surface area (Å²) in [6.07, 6.45) is -0.218. The summed E-state index contributed by atoms with van der Waals surface area (Å²) in [5, 5.41) is 3.40. The minimum absolute atomic E-state index is 0.00866. The van der Waals surface area contributed by atoms with Gasteiger partial charge in [-0.05, 0) is 18.2 Å². The number of amides is 2. The normalized spacial score (nSPS) is 19.0. The average molecular weight is 311 g/mol. The van der Waals surface area contributed by atoms with Crippen LogP contribution < -0.4 is 10.2 Å². The Morgan fingerprint density at radius 1 is 1.52 bits per heavy atom. The lowest BCUT2D eigenvalue weighted by Gasteiger charge is -2.33. The quantitative estimate of drug-likeness (QED) is 0.923. The van der Waals surface area contributed by atoms with Gasteiger partial charge in [-0.1, -0.05) is 31.5 Å². The molecule has 0 saturated carbocycles. The third kappa shape index (κ3) is 4.19. The number of carbonyl (C=O) groups excluding carboxylic acids is 2. The highest BCUT2D eigenvalue weighted by molar-refractivity contribution is 6.30. The molecule has 0 aliphatic carbocycles. The molecule has 1 aromatic carbocycles. The number of ether oxygens (including phenoxy) is 1. The molecular formula is C15H19ClN2O3. The molecule has 0 radical (unpaired) electrons. The first-order valence-electron chi connectivity index (χ1n) is 6.92. The Balaban J connectivity index is 1.99. The van der Waals surface area contributed by atoms with Crippen LogP contribution in [0, 0.1) is 5.92 Å². The van der Waals surface area contributed by atoms with E-state index >= 15 is 0 Å². The average Bonchev–Trinajstić information content (AvgIpc) is 2.45. The maximum absolute atomic E-state index is 12.0. The van der Waals surface area contributed by atoms with E-state index in [0.29, 0.717) is 18.1 Å². The van der Waals surface area contributed by atoms with Gasteiger partial charge in [0, 0.05) is 23.2 Å². The minimum atomic E-state index is -0.218. The van der Waals surface area contributed by atoms with E-state index in [-0.39, 0.29) is 30.4 Å². The van der Waals surface area contributed by atoms with Crippen LogP contribution in [0.15, 0.2) is 24.3 Å². The van der Waals surface area contributed by atoms with Crippen LogP contribution in [0.1, 0.15) is 13.8 Å². The molecule has 5 nitrogen and oxygen atoms in total. The second-order valence-corrected chi connectivity index (χ2v) is 5.75. The summed E-state index contributed by atoms with van der Waals surface area (Å²) in [5.74, 6) is -0.201. The summed E-state index contributed by atoms with van der Waals surface area (Å²) in [7, 11) is 0. The zero-order valence-corrected chi connectivity index (χ0v) is 12.9. The van der Waals surface area contributed by atoms with Crippen LogP contribution in [0.5, 0.6) is 0 Å². The van der Waals surface area contributed by atoms with Crippen LogP contribution >= 0.6 is 11.6 Å². The fraction of sp³-hybridized carbons (Fsp3) is 0.467. The molecule has 1 aliphatic rings. The van der Waals surface area contributed by atoms with Gasteiger partial charge >= 0.3 is 0 Å². The third-order valence-corrected chi connectivity index (χ3v) is 3.51. The van der Waals surface area contributed by atoms with Gasteiger partial charge in [-0.15, -0.1) is 0 Å². The van der Waals surface area contributed by atoms with Crippen LogP contribution in [0.2, 0.25) is 5.02 Å². The highest BCUT2D eigenvalue weighted by atomic mass is 35.5. The fourth-order valence-electron chi connectivity index (χ4n) is 2.06. The van der Waals surface area contributed by atoms with E-state index in [1.54, 1.807) is 23.1 Å². The number of morpholine rings is 1. The molecule has 114 valence electrons. The minimum Gasteiger partial charge on any atom is -0.365 e. The Labute approximate surface area is 129 Å². The van der Waals surface area contributed by atoms with Crippen molar-refractivity contribution in [3.8, 4) is 0 Å². The number of hydrogen-bond donors (Lipinski definition) is 1. The highest BCUT2D eigenvalue weighted by Crippen LogP contribution is 2.22. The van der Waals surface area contributed by atoms with E-state index in [1.165, 1.54) is 0 Å². The monoisotopic (exact) mass is 310 g/mol. The Hall–Kier alpha value is -1.59. The summed E-state index contributed by atoms with van der Waals surface area (Å²) >= 11 is 5.96. The van der Waals surface area contributed by atoms with Crippen molar-refractivity contribution in [3.05, 3.63) is 29.3 Å². The summed E-state index contributed by atoms with van der Waals surface area (Å²) in [6, 6.07) is 7.14. The highest BCUT2D eigenvalue weighted by Gasteiger charge is 2.27. The Bertz CT molecular complexity index is 533. The Kier molecular flexibility index (Phi) is 5.20. The van der Waals surface area contributed by atoms with Crippen LogP contribution in [0.25, 0.3) is 0 Å². The van der Waals surface area contributed by atoms with Gasteiger partial charge in [0.1, 0.15) is 6.61 Å². The van der Waals surface area contributed by atoms with Crippen LogP contribution in [-0.2, 0) is 14.3 Å². The van der Waals surface area contributed by atoms with Gasteiger partial charge < -0.3 is 15.0 Å². The van der Waals surface area contributed by atoms with E-state index < -0.39 is 0 Å². The van der Waals surface area contributed by atoms with Gasteiger partial charge in [-0.2, -0.15) is 0 Å². The first kappa shape index (κ1) is 15.8. The van der Waals surface area contributed by atoms with Crippen molar-refractivity contribution in [1.82, 2.24) is 5.32 Å². The molecule has 1 unspecified atom stereocenters. The van der Waals surface area contributed by atoms with Gasteiger partial charge in [0.2, 0.25) is 5.91 Å². The van der Waals surface area contributed by atoms with Crippen LogP contribution in [0.3, 0.4) is 0 Å². The second-order valence-electron chi connectivity index (χ2n) is 5.32. The van der Waals surface area contributed by atoms with Crippen LogP contribution in [0.4, 0.5) is 5.69 Å². The maximum Gasteiger partial charge on any atom is 0.253 e. The van der Waals surface area contributed by atoms with Gasteiger partial charge in [0.15, 0.2) is 0 Å². The number of halogens is 1.